The van der Waals surface area contributed by atoms with E-state index in [0.29, 0.717) is 11.7 Å². The molecule has 1 saturated heterocycles. The molecule has 4 nitrogen and oxygen atoms in total. The van der Waals surface area contributed by atoms with Crippen LogP contribution in [0.3, 0.4) is 0 Å². The molecule has 1 atom stereocenters. The molecule has 0 aliphatic carbocycles. The first-order valence-electron chi connectivity index (χ1n) is 5.72. The van der Waals surface area contributed by atoms with Gasteiger partial charge in [-0.1, -0.05) is 0 Å². The van der Waals surface area contributed by atoms with Gasteiger partial charge < -0.3 is 15.4 Å². The highest BCUT2D eigenvalue weighted by Crippen LogP contribution is 2.19. The SMILES string of the molecule is Cc1ncc(OC[C@H]2CCCN2C)cc1N. The van der Waals surface area contributed by atoms with Gasteiger partial charge in [-0.15, -0.1) is 0 Å². The van der Waals surface area contributed by atoms with Crippen molar-refractivity contribution in [3.8, 4) is 5.75 Å². The number of hydrogen-bond donors (Lipinski definition) is 1. The van der Waals surface area contributed by atoms with Crippen LogP contribution in [0.1, 0.15) is 18.5 Å². The first-order valence-corrected chi connectivity index (χ1v) is 5.72. The zero-order valence-corrected chi connectivity index (χ0v) is 9.94. The van der Waals surface area contributed by atoms with Gasteiger partial charge in [0.2, 0.25) is 0 Å². The first-order chi connectivity index (χ1) is 7.66. The Bertz CT molecular complexity index is 367. The van der Waals surface area contributed by atoms with Gasteiger partial charge in [-0.25, -0.2) is 0 Å². The van der Waals surface area contributed by atoms with Crippen LogP contribution >= 0.6 is 0 Å². The van der Waals surface area contributed by atoms with Crippen molar-refractivity contribution in [3.05, 3.63) is 18.0 Å². The Balaban J connectivity index is 1.91. The third-order valence-corrected chi connectivity index (χ3v) is 3.21. The van der Waals surface area contributed by atoms with E-state index in [1.165, 1.54) is 19.4 Å². The summed E-state index contributed by atoms with van der Waals surface area (Å²) in [7, 11) is 2.14. The number of anilines is 1. The Kier molecular flexibility index (Phi) is 3.29. The van der Waals surface area contributed by atoms with Gasteiger partial charge in [-0.05, 0) is 33.4 Å². The molecule has 0 unspecified atom stereocenters. The second-order valence-corrected chi connectivity index (χ2v) is 4.43. The number of nitrogens with two attached hydrogens (primary N) is 1. The van der Waals surface area contributed by atoms with Crippen molar-refractivity contribution in [1.29, 1.82) is 0 Å². The Morgan fingerprint density at radius 1 is 1.62 bits per heavy atom. The number of rotatable bonds is 3. The van der Waals surface area contributed by atoms with E-state index < -0.39 is 0 Å². The Morgan fingerprint density at radius 2 is 2.44 bits per heavy atom. The zero-order chi connectivity index (χ0) is 11.5. The van der Waals surface area contributed by atoms with Crippen LogP contribution in [0.5, 0.6) is 5.75 Å². The lowest BCUT2D eigenvalue weighted by Crippen LogP contribution is -2.30. The topological polar surface area (TPSA) is 51.4 Å². The number of likely N-dealkylation sites (N-methyl/N-ethyl adjacent to an activating group) is 1. The molecule has 0 bridgehead atoms. The average Bonchev–Trinajstić information content (AvgIpc) is 2.66. The van der Waals surface area contributed by atoms with E-state index >= 15 is 0 Å². The second kappa shape index (κ2) is 4.70. The molecule has 2 N–H and O–H groups in total. The minimum atomic E-state index is 0.530. The molecule has 1 fully saturated rings. The van der Waals surface area contributed by atoms with Gasteiger partial charge in [0.1, 0.15) is 12.4 Å². The third kappa shape index (κ3) is 2.44. The number of ether oxygens (including phenoxy) is 1. The number of aromatic nitrogens is 1. The number of nitrogens with zero attached hydrogens (tertiary/aromatic N) is 2. The van der Waals surface area contributed by atoms with Crippen LogP contribution in [-0.4, -0.2) is 36.1 Å². The first kappa shape index (κ1) is 11.2. The molecule has 0 amide bonds. The van der Waals surface area contributed by atoms with E-state index in [1.807, 2.05) is 13.0 Å². The summed E-state index contributed by atoms with van der Waals surface area (Å²) in [4.78, 5) is 6.52. The highest BCUT2D eigenvalue weighted by atomic mass is 16.5. The van der Waals surface area contributed by atoms with Gasteiger partial charge in [0, 0.05) is 12.1 Å². The van der Waals surface area contributed by atoms with Gasteiger partial charge in [-0.3, -0.25) is 4.98 Å². The van der Waals surface area contributed by atoms with E-state index in [0.717, 1.165) is 18.1 Å². The van der Waals surface area contributed by atoms with Gasteiger partial charge in [0.25, 0.3) is 0 Å². The molecule has 1 aliphatic heterocycles. The van der Waals surface area contributed by atoms with Gasteiger partial charge in [0.15, 0.2) is 0 Å². The van der Waals surface area contributed by atoms with Crippen molar-refractivity contribution in [3.63, 3.8) is 0 Å². The summed E-state index contributed by atoms with van der Waals surface area (Å²) in [5.74, 6) is 0.767. The zero-order valence-electron chi connectivity index (χ0n) is 9.94. The normalized spacial score (nSPS) is 21.2. The molecule has 2 rings (SSSR count). The highest BCUT2D eigenvalue weighted by Gasteiger charge is 2.21. The number of aryl methyl sites for hydroxylation is 1. The Hall–Kier alpha value is -1.29. The Labute approximate surface area is 96.4 Å². The lowest BCUT2D eigenvalue weighted by atomic mass is 10.2. The molecular formula is C12H19N3O. The number of likely N-dealkylation sites (tertiary alicyclic amines) is 1. The van der Waals surface area contributed by atoms with E-state index in [1.54, 1.807) is 6.20 Å². The molecule has 88 valence electrons. The van der Waals surface area contributed by atoms with Gasteiger partial charge in [0.05, 0.1) is 17.6 Å². The monoisotopic (exact) mass is 221 g/mol. The molecule has 0 radical (unpaired) electrons. The summed E-state index contributed by atoms with van der Waals surface area (Å²) < 4.78 is 5.71. The fourth-order valence-electron chi connectivity index (χ4n) is 1.99. The molecule has 0 aromatic carbocycles. The predicted octanol–water partition coefficient (Wildman–Crippen LogP) is 1.45. The fourth-order valence-corrected chi connectivity index (χ4v) is 1.99. The number of pyridine rings is 1. The van der Waals surface area contributed by atoms with Crippen molar-refractivity contribution in [2.24, 2.45) is 0 Å². The third-order valence-electron chi connectivity index (χ3n) is 3.21. The van der Waals surface area contributed by atoms with E-state index in [4.69, 9.17) is 10.5 Å². The maximum Gasteiger partial charge on any atom is 0.139 e. The lowest BCUT2D eigenvalue weighted by Gasteiger charge is -2.19. The summed E-state index contributed by atoms with van der Waals surface area (Å²) in [5, 5.41) is 0. The van der Waals surface area contributed by atoms with E-state index in [-0.39, 0.29) is 0 Å². The minimum absolute atomic E-state index is 0.530. The lowest BCUT2D eigenvalue weighted by molar-refractivity contribution is 0.198. The van der Waals surface area contributed by atoms with Crippen LogP contribution in [0, 0.1) is 6.92 Å². The molecule has 1 aliphatic rings. The van der Waals surface area contributed by atoms with Crippen molar-refractivity contribution < 1.29 is 4.74 Å². The van der Waals surface area contributed by atoms with Crippen LogP contribution in [-0.2, 0) is 0 Å². The maximum atomic E-state index is 5.78. The van der Waals surface area contributed by atoms with Crippen LogP contribution in [0.15, 0.2) is 12.3 Å². The molecule has 1 aromatic rings. The standard InChI is InChI=1S/C12H19N3O/c1-9-12(13)6-11(7-14-9)16-8-10-4-3-5-15(10)2/h6-7,10H,3-5,8,13H2,1-2H3/t10-/m1/s1. The van der Waals surface area contributed by atoms with Crippen molar-refractivity contribution in [2.45, 2.75) is 25.8 Å². The number of hydrogen-bond acceptors (Lipinski definition) is 4. The van der Waals surface area contributed by atoms with E-state index in [9.17, 15) is 0 Å². The van der Waals surface area contributed by atoms with Gasteiger partial charge >= 0.3 is 0 Å². The maximum absolute atomic E-state index is 5.78. The minimum Gasteiger partial charge on any atom is -0.490 e. The molecular weight excluding hydrogens is 202 g/mol. The van der Waals surface area contributed by atoms with Crippen LogP contribution in [0.25, 0.3) is 0 Å². The highest BCUT2D eigenvalue weighted by molar-refractivity contribution is 5.46. The van der Waals surface area contributed by atoms with E-state index in [2.05, 4.69) is 16.9 Å². The quantitative estimate of drug-likeness (QED) is 0.839. The smallest absolute Gasteiger partial charge is 0.139 e. The largest absolute Gasteiger partial charge is 0.490 e. The summed E-state index contributed by atoms with van der Waals surface area (Å²) in [5.41, 5.74) is 7.32. The Morgan fingerprint density at radius 3 is 3.06 bits per heavy atom. The predicted molar refractivity (Wildman–Crippen MR) is 64.5 cm³/mol. The molecule has 0 spiro atoms. The van der Waals surface area contributed by atoms with Crippen LogP contribution in [0.4, 0.5) is 5.69 Å². The molecule has 0 saturated carbocycles. The molecule has 4 heteroatoms. The fraction of sp³-hybridized carbons (Fsp3) is 0.583. The van der Waals surface area contributed by atoms with Crippen molar-refractivity contribution >= 4 is 5.69 Å². The summed E-state index contributed by atoms with van der Waals surface area (Å²) in [6.45, 7) is 3.78. The second-order valence-electron chi connectivity index (χ2n) is 4.43. The molecule has 1 aromatic heterocycles. The van der Waals surface area contributed by atoms with Crippen LogP contribution in [0.2, 0.25) is 0 Å². The summed E-state index contributed by atoms with van der Waals surface area (Å²) in [6.07, 6.45) is 4.21. The van der Waals surface area contributed by atoms with Crippen molar-refractivity contribution in [2.75, 3.05) is 25.9 Å². The van der Waals surface area contributed by atoms with Crippen LogP contribution < -0.4 is 10.5 Å². The molecule has 2 heterocycles. The molecule has 16 heavy (non-hydrogen) atoms. The summed E-state index contributed by atoms with van der Waals surface area (Å²) in [6, 6.07) is 2.37. The van der Waals surface area contributed by atoms with Crippen molar-refractivity contribution in [1.82, 2.24) is 9.88 Å². The average molecular weight is 221 g/mol. The summed E-state index contributed by atoms with van der Waals surface area (Å²) >= 11 is 0. The number of nitrogen functional groups attached to an aromatic ring is 1. The van der Waals surface area contributed by atoms with Gasteiger partial charge in [-0.2, -0.15) is 0 Å².